The third-order valence-electron chi connectivity index (χ3n) is 5.19. The largest absolute Gasteiger partial charge is 0.484 e. The van der Waals surface area contributed by atoms with E-state index in [0.29, 0.717) is 43.4 Å². The summed E-state index contributed by atoms with van der Waals surface area (Å²) in [5.41, 5.74) is 1.10. The van der Waals surface area contributed by atoms with Crippen LogP contribution in [0.3, 0.4) is 0 Å². The molecule has 142 valence electrons. The van der Waals surface area contributed by atoms with Gasteiger partial charge in [-0.1, -0.05) is 18.2 Å². The Hall–Kier alpha value is -2.83. The fraction of sp³-hybridized carbons (Fsp3) is 0.450. The fourth-order valence-electron chi connectivity index (χ4n) is 3.38. The Bertz CT molecular complexity index is 793. The third kappa shape index (κ3) is 4.48. The molecule has 1 aliphatic heterocycles. The zero-order valence-corrected chi connectivity index (χ0v) is 15.2. The number of aromatic amines is 1. The monoisotopic (exact) mass is 368 g/mol. The summed E-state index contributed by atoms with van der Waals surface area (Å²) in [4.78, 5) is 26.5. The standard InChI is InChI=1S/C20H24N4O3/c25-19(13-27-16-4-2-1-3-5-16)24-10-8-15(9-11-24)20(26)21-18-12-17(22-23-18)14-6-7-14/h1-5,12,14-15H,6-11,13H2,(H2,21,22,23,26). The van der Waals surface area contributed by atoms with Crippen LogP contribution in [0.1, 0.15) is 37.3 Å². The molecular formula is C20H24N4O3. The van der Waals surface area contributed by atoms with Crippen LogP contribution in [0.5, 0.6) is 5.75 Å². The predicted octanol–water partition coefficient (Wildman–Crippen LogP) is 2.54. The molecule has 2 amide bonds. The summed E-state index contributed by atoms with van der Waals surface area (Å²) in [6.45, 7) is 1.17. The summed E-state index contributed by atoms with van der Waals surface area (Å²) >= 11 is 0. The number of nitrogens with zero attached hydrogens (tertiary/aromatic N) is 2. The van der Waals surface area contributed by atoms with Gasteiger partial charge in [0, 0.05) is 36.7 Å². The topological polar surface area (TPSA) is 87.3 Å². The first-order valence-electron chi connectivity index (χ1n) is 9.51. The molecule has 0 bridgehead atoms. The van der Waals surface area contributed by atoms with Gasteiger partial charge in [0.2, 0.25) is 5.91 Å². The molecule has 0 spiro atoms. The van der Waals surface area contributed by atoms with E-state index in [1.807, 2.05) is 36.4 Å². The van der Waals surface area contributed by atoms with Gasteiger partial charge in [0.05, 0.1) is 0 Å². The first kappa shape index (κ1) is 17.6. The van der Waals surface area contributed by atoms with Crippen LogP contribution in [0.25, 0.3) is 0 Å². The minimum Gasteiger partial charge on any atom is -0.484 e. The first-order valence-corrected chi connectivity index (χ1v) is 9.51. The van der Waals surface area contributed by atoms with Crippen LogP contribution in [-0.2, 0) is 9.59 Å². The molecule has 4 rings (SSSR count). The molecule has 2 aromatic rings. The van der Waals surface area contributed by atoms with Crippen molar-refractivity contribution >= 4 is 17.6 Å². The number of benzene rings is 1. The third-order valence-corrected chi connectivity index (χ3v) is 5.19. The summed E-state index contributed by atoms with van der Waals surface area (Å²) in [6, 6.07) is 11.2. The molecule has 2 aliphatic rings. The van der Waals surface area contributed by atoms with Gasteiger partial charge < -0.3 is 15.0 Å². The number of hydrogen-bond acceptors (Lipinski definition) is 4. The smallest absolute Gasteiger partial charge is 0.260 e. The van der Waals surface area contributed by atoms with E-state index in [4.69, 9.17) is 4.74 Å². The molecule has 1 saturated heterocycles. The van der Waals surface area contributed by atoms with Crippen molar-refractivity contribution < 1.29 is 14.3 Å². The van der Waals surface area contributed by atoms with Crippen LogP contribution in [0.4, 0.5) is 5.82 Å². The maximum Gasteiger partial charge on any atom is 0.260 e. The number of aromatic nitrogens is 2. The van der Waals surface area contributed by atoms with Gasteiger partial charge in [-0.05, 0) is 37.8 Å². The molecule has 7 heteroatoms. The van der Waals surface area contributed by atoms with Gasteiger partial charge >= 0.3 is 0 Å². The second kappa shape index (κ2) is 7.82. The molecule has 0 radical (unpaired) electrons. The summed E-state index contributed by atoms with van der Waals surface area (Å²) < 4.78 is 5.52. The summed E-state index contributed by atoms with van der Waals surface area (Å²) in [6.07, 6.45) is 3.69. The zero-order valence-electron chi connectivity index (χ0n) is 15.2. The number of anilines is 1. The van der Waals surface area contributed by atoms with E-state index in [1.54, 1.807) is 4.90 Å². The Morgan fingerprint density at radius 1 is 1.15 bits per heavy atom. The average Bonchev–Trinajstić information content (AvgIpc) is 3.46. The molecule has 1 aromatic heterocycles. The normalized spacial score (nSPS) is 17.6. The van der Waals surface area contributed by atoms with Gasteiger partial charge in [0.1, 0.15) is 5.75 Å². The van der Waals surface area contributed by atoms with Crippen LogP contribution >= 0.6 is 0 Å². The lowest BCUT2D eigenvalue weighted by Gasteiger charge is -2.31. The van der Waals surface area contributed by atoms with Crippen LogP contribution in [0.15, 0.2) is 36.4 Å². The molecule has 1 aromatic carbocycles. The number of nitrogens with one attached hydrogen (secondary N) is 2. The molecule has 7 nitrogen and oxygen atoms in total. The second-order valence-corrected chi connectivity index (χ2v) is 7.23. The Kier molecular flexibility index (Phi) is 5.09. The van der Waals surface area contributed by atoms with E-state index in [1.165, 1.54) is 12.8 Å². The molecule has 27 heavy (non-hydrogen) atoms. The Morgan fingerprint density at radius 3 is 2.59 bits per heavy atom. The summed E-state index contributed by atoms with van der Waals surface area (Å²) in [5, 5.41) is 10.1. The average molecular weight is 368 g/mol. The predicted molar refractivity (Wildman–Crippen MR) is 100 cm³/mol. The highest BCUT2D eigenvalue weighted by atomic mass is 16.5. The van der Waals surface area contributed by atoms with E-state index < -0.39 is 0 Å². The van der Waals surface area contributed by atoms with Crippen LogP contribution < -0.4 is 10.1 Å². The maximum absolute atomic E-state index is 12.5. The van der Waals surface area contributed by atoms with E-state index >= 15 is 0 Å². The van der Waals surface area contributed by atoms with Crippen LogP contribution in [-0.4, -0.2) is 46.6 Å². The van der Waals surface area contributed by atoms with Gasteiger partial charge in [-0.15, -0.1) is 0 Å². The molecule has 1 aliphatic carbocycles. The fourth-order valence-corrected chi connectivity index (χ4v) is 3.38. The van der Waals surface area contributed by atoms with Crippen molar-refractivity contribution in [1.82, 2.24) is 15.1 Å². The lowest BCUT2D eigenvalue weighted by Crippen LogP contribution is -2.43. The minimum absolute atomic E-state index is 0.0171. The van der Waals surface area contributed by atoms with Crippen molar-refractivity contribution in [2.75, 3.05) is 25.0 Å². The highest BCUT2D eigenvalue weighted by Crippen LogP contribution is 2.39. The van der Waals surface area contributed by atoms with Gasteiger partial charge in [-0.2, -0.15) is 5.10 Å². The number of ether oxygens (including phenoxy) is 1. The first-order chi connectivity index (χ1) is 13.2. The number of piperidine rings is 1. The minimum atomic E-state index is -0.0924. The molecule has 2 N–H and O–H groups in total. The summed E-state index contributed by atoms with van der Waals surface area (Å²) in [5.74, 6) is 1.71. The number of H-pyrrole nitrogens is 1. The molecule has 0 unspecified atom stereocenters. The van der Waals surface area contributed by atoms with Crippen molar-refractivity contribution in [3.05, 3.63) is 42.1 Å². The van der Waals surface area contributed by atoms with E-state index in [-0.39, 0.29) is 24.3 Å². The van der Waals surface area contributed by atoms with E-state index in [9.17, 15) is 9.59 Å². The highest BCUT2D eigenvalue weighted by Gasteiger charge is 2.29. The molecular weight excluding hydrogens is 344 g/mol. The van der Waals surface area contributed by atoms with Gasteiger partial charge in [-0.3, -0.25) is 14.7 Å². The highest BCUT2D eigenvalue weighted by molar-refractivity contribution is 5.92. The molecule has 2 heterocycles. The van der Waals surface area contributed by atoms with Crippen molar-refractivity contribution in [2.45, 2.75) is 31.6 Å². The number of carbonyl (C=O) groups excluding carboxylic acids is 2. The number of rotatable bonds is 6. The molecule has 1 saturated carbocycles. The van der Waals surface area contributed by atoms with Gasteiger partial charge in [0.15, 0.2) is 12.4 Å². The van der Waals surface area contributed by atoms with Crippen molar-refractivity contribution in [1.29, 1.82) is 0 Å². The number of likely N-dealkylation sites (tertiary alicyclic amines) is 1. The van der Waals surface area contributed by atoms with Gasteiger partial charge in [0.25, 0.3) is 5.91 Å². The van der Waals surface area contributed by atoms with Crippen molar-refractivity contribution in [3.8, 4) is 5.75 Å². The maximum atomic E-state index is 12.5. The van der Waals surface area contributed by atoms with Crippen LogP contribution in [0.2, 0.25) is 0 Å². The summed E-state index contributed by atoms with van der Waals surface area (Å²) in [7, 11) is 0. The Balaban J connectivity index is 1.21. The quantitative estimate of drug-likeness (QED) is 0.820. The number of amides is 2. The second-order valence-electron chi connectivity index (χ2n) is 7.23. The number of carbonyl (C=O) groups is 2. The number of para-hydroxylation sites is 1. The Morgan fingerprint density at radius 2 is 1.89 bits per heavy atom. The SMILES string of the molecule is O=C(Nc1cc(C2CC2)[nH]n1)C1CCN(C(=O)COc2ccccc2)CC1. The van der Waals surface area contributed by atoms with Gasteiger partial charge in [-0.25, -0.2) is 0 Å². The Labute approximate surface area is 158 Å². The molecule has 0 atom stereocenters. The van der Waals surface area contributed by atoms with Crippen LogP contribution in [0, 0.1) is 5.92 Å². The van der Waals surface area contributed by atoms with Crippen molar-refractivity contribution in [3.63, 3.8) is 0 Å². The lowest BCUT2D eigenvalue weighted by atomic mass is 9.96. The molecule has 2 fully saturated rings. The van der Waals surface area contributed by atoms with E-state index in [2.05, 4.69) is 15.5 Å². The lowest BCUT2D eigenvalue weighted by molar-refractivity contribution is -0.136. The van der Waals surface area contributed by atoms with Crippen molar-refractivity contribution in [2.24, 2.45) is 5.92 Å². The number of hydrogen-bond donors (Lipinski definition) is 2. The zero-order chi connectivity index (χ0) is 18.6. The van der Waals surface area contributed by atoms with E-state index in [0.717, 1.165) is 5.69 Å².